The van der Waals surface area contributed by atoms with E-state index in [0.717, 1.165) is 26.4 Å². The quantitative estimate of drug-likeness (QED) is 0.212. The molecule has 1 aliphatic heterocycles. The fourth-order valence-corrected chi connectivity index (χ4v) is 7.52. The Hall–Kier alpha value is -3.69. The first-order valence-electron chi connectivity index (χ1n) is 14.4. The molecule has 0 saturated heterocycles. The third-order valence-electron chi connectivity index (χ3n) is 7.47. The molecule has 9 heteroatoms. The van der Waals surface area contributed by atoms with Gasteiger partial charge < -0.3 is 10.2 Å². The second-order valence-corrected chi connectivity index (χ2v) is 14.7. The fraction of sp³-hybridized carbons (Fsp3) is 0.294. The predicted molar refractivity (Wildman–Crippen MR) is 174 cm³/mol. The van der Waals surface area contributed by atoms with Crippen LogP contribution in [0, 0.1) is 0 Å². The van der Waals surface area contributed by atoms with Crippen molar-refractivity contribution < 1.29 is 18.0 Å². The van der Waals surface area contributed by atoms with Gasteiger partial charge in [0, 0.05) is 41.3 Å². The standard InChI is InChI=1S/C34H36BrN3O4S/c1-34(2,3)36-33(40)29(22-24-10-5-4-6-11-24)37(23-25-17-19-27(35)20-18-25)31(39)16-9-21-38-28-14-7-12-26-13-8-15-30(32(26)28)43(38,41)42/h4-8,10-15,17-20,29H,9,16,21-23H2,1-3H3,(H,36,40). The average Bonchev–Trinajstić information content (AvgIpc) is 3.18. The molecule has 0 saturated carbocycles. The minimum atomic E-state index is -3.72. The molecule has 1 N–H and O–H groups in total. The maximum atomic E-state index is 14.0. The van der Waals surface area contributed by atoms with Crippen LogP contribution in [0.2, 0.25) is 0 Å². The van der Waals surface area contributed by atoms with Crippen molar-refractivity contribution in [3.8, 4) is 0 Å². The molecule has 2 amide bonds. The molecule has 5 rings (SSSR count). The molecule has 0 aliphatic carbocycles. The fourth-order valence-electron chi connectivity index (χ4n) is 5.51. The van der Waals surface area contributed by atoms with Crippen molar-refractivity contribution in [3.63, 3.8) is 0 Å². The van der Waals surface area contributed by atoms with Gasteiger partial charge >= 0.3 is 0 Å². The average molecular weight is 663 g/mol. The van der Waals surface area contributed by atoms with Crippen molar-refractivity contribution in [1.82, 2.24) is 10.2 Å². The zero-order valence-corrected chi connectivity index (χ0v) is 27.0. The lowest BCUT2D eigenvalue weighted by Crippen LogP contribution is -2.54. The van der Waals surface area contributed by atoms with E-state index < -0.39 is 21.6 Å². The Labute approximate surface area is 262 Å². The van der Waals surface area contributed by atoms with Crippen molar-refractivity contribution in [2.24, 2.45) is 0 Å². The molecule has 0 radical (unpaired) electrons. The van der Waals surface area contributed by atoms with E-state index in [-0.39, 0.29) is 31.3 Å². The molecule has 7 nitrogen and oxygen atoms in total. The van der Waals surface area contributed by atoms with E-state index in [2.05, 4.69) is 21.2 Å². The van der Waals surface area contributed by atoms with Crippen LogP contribution in [0.25, 0.3) is 10.8 Å². The third kappa shape index (κ3) is 6.94. The normalized spacial score (nSPS) is 14.5. The summed E-state index contributed by atoms with van der Waals surface area (Å²) in [6.45, 7) is 6.15. The highest BCUT2D eigenvalue weighted by molar-refractivity contribution is 9.10. The van der Waals surface area contributed by atoms with Gasteiger partial charge in [-0.15, -0.1) is 0 Å². The Bertz CT molecular complexity index is 1730. The van der Waals surface area contributed by atoms with Crippen molar-refractivity contribution in [2.75, 3.05) is 10.8 Å². The topological polar surface area (TPSA) is 86.8 Å². The first kappa shape index (κ1) is 30.8. The minimum Gasteiger partial charge on any atom is -0.350 e. The van der Waals surface area contributed by atoms with Gasteiger partial charge in [0.15, 0.2) is 0 Å². The first-order valence-corrected chi connectivity index (χ1v) is 16.6. The maximum absolute atomic E-state index is 14.0. The van der Waals surface area contributed by atoms with Crippen LogP contribution in [-0.4, -0.2) is 43.3 Å². The summed E-state index contributed by atoms with van der Waals surface area (Å²) in [6.07, 6.45) is 0.740. The van der Waals surface area contributed by atoms with Crippen molar-refractivity contribution in [3.05, 3.63) is 107 Å². The van der Waals surface area contributed by atoms with Crippen LogP contribution in [0.4, 0.5) is 5.69 Å². The number of carbonyl (C=O) groups excluding carboxylic acids is 2. The van der Waals surface area contributed by atoms with Gasteiger partial charge in [0.25, 0.3) is 10.0 Å². The van der Waals surface area contributed by atoms with E-state index in [1.807, 2.05) is 99.6 Å². The Kier molecular flexibility index (Phi) is 8.94. The first-order chi connectivity index (χ1) is 20.4. The van der Waals surface area contributed by atoms with Crippen molar-refractivity contribution in [1.29, 1.82) is 0 Å². The highest BCUT2D eigenvalue weighted by Crippen LogP contribution is 2.42. The molecule has 224 valence electrons. The Balaban J connectivity index is 1.40. The van der Waals surface area contributed by atoms with Gasteiger partial charge in [-0.1, -0.05) is 82.7 Å². The number of halogens is 1. The lowest BCUT2D eigenvalue weighted by atomic mass is 10.00. The summed E-state index contributed by atoms with van der Waals surface area (Å²) in [6, 6.07) is 27.5. The van der Waals surface area contributed by atoms with Gasteiger partial charge in [0.2, 0.25) is 11.8 Å². The number of benzene rings is 4. The zero-order valence-electron chi connectivity index (χ0n) is 24.6. The van der Waals surface area contributed by atoms with Gasteiger partial charge in [-0.3, -0.25) is 13.9 Å². The molecule has 1 unspecified atom stereocenters. The molecule has 0 spiro atoms. The lowest BCUT2D eigenvalue weighted by Gasteiger charge is -2.34. The van der Waals surface area contributed by atoms with E-state index >= 15 is 0 Å². The molecule has 0 bridgehead atoms. The highest BCUT2D eigenvalue weighted by Gasteiger charge is 2.36. The number of anilines is 1. The Morgan fingerprint density at radius 2 is 1.56 bits per heavy atom. The van der Waals surface area contributed by atoms with Crippen LogP contribution < -0.4 is 9.62 Å². The predicted octanol–water partition coefficient (Wildman–Crippen LogP) is 6.45. The Morgan fingerprint density at radius 1 is 0.884 bits per heavy atom. The van der Waals surface area contributed by atoms with Crippen molar-refractivity contribution >= 4 is 54.2 Å². The number of nitrogens with one attached hydrogen (secondary N) is 1. The number of nitrogens with zero attached hydrogens (tertiary/aromatic N) is 2. The van der Waals surface area contributed by atoms with E-state index in [1.165, 1.54) is 4.31 Å². The smallest absolute Gasteiger partial charge is 0.265 e. The molecule has 4 aromatic rings. The van der Waals surface area contributed by atoms with Crippen LogP contribution in [0.3, 0.4) is 0 Å². The lowest BCUT2D eigenvalue weighted by molar-refractivity contribution is -0.142. The second kappa shape index (κ2) is 12.5. The largest absolute Gasteiger partial charge is 0.350 e. The van der Waals surface area contributed by atoms with E-state index in [1.54, 1.807) is 17.0 Å². The minimum absolute atomic E-state index is 0.0863. The molecule has 1 heterocycles. The van der Waals surface area contributed by atoms with Gasteiger partial charge in [-0.25, -0.2) is 8.42 Å². The summed E-state index contributed by atoms with van der Waals surface area (Å²) in [5.74, 6) is -0.439. The molecule has 4 aromatic carbocycles. The van der Waals surface area contributed by atoms with Crippen molar-refractivity contribution in [2.45, 2.75) is 63.1 Å². The SMILES string of the molecule is CC(C)(C)NC(=O)C(Cc1ccccc1)N(Cc1ccc(Br)cc1)C(=O)CCCN1c2cccc3cccc(c23)S1(=O)=O. The second-order valence-electron chi connectivity index (χ2n) is 11.9. The Morgan fingerprint density at radius 3 is 2.23 bits per heavy atom. The van der Waals surface area contributed by atoms with E-state index in [9.17, 15) is 18.0 Å². The summed E-state index contributed by atoms with van der Waals surface area (Å²) in [5.41, 5.74) is 1.98. The van der Waals surface area contributed by atoms with Crippen LogP contribution in [0.1, 0.15) is 44.7 Å². The summed E-state index contributed by atoms with van der Waals surface area (Å²) in [7, 11) is -3.72. The van der Waals surface area contributed by atoms with Crippen LogP contribution in [0.5, 0.6) is 0 Å². The highest BCUT2D eigenvalue weighted by atomic mass is 79.9. The van der Waals surface area contributed by atoms with Gasteiger partial charge in [0.05, 0.1) is 10.6 Å². The molecule has 43 heavy (non-hydrogen) atoms. The number of rotatable bonds is 10. The number of amides is 2. The summed E-state index contributed by atoms with van der Waals surface area (Å²) < 4.78 is 29.2. The van der Waals surface area contributed by atoms with Crippen LogP contribution in [0.15, 0.2) is 100 Å². The summed E-state index contributed by atoms with van der Waals surface area (Å²) in [5, 5.41) is 4.66. The molecular formula is C34H36BrN3O4S. The zero-order chi connectivity index (χ0) is 30.8. The third-order valence-corrected chi connectivity index (χ3v) is 9.85. The summed E-state index contributed by atoms with van der Waals surface area (Å²) >= 11 is 3.47. The number of carbonyl (C=O) groups is 2. The van der Waals surface area contributed by atoms with E-state index in [4.69, 9.17) is 0 Å². The van der Waals surface area contributed by atoms with Crippen LogP contribution >= 0.6 is 15.9 Å². The van der Waals surface area contributed by atoms with E-state index in [0.29, 0.717) is 23.4 Å². The molecule has 1 aliphatic rings. The molecule has 0 fully saturated rings. The number of sulfonamides is 1. The monoisotopic (exact) mass is 661 g/mol. The van der Waals surface area contributed by atoms with Crippen LogP contribution in [-0.2, 0) is 32.6 Å². The van der Waals surface area contributed by atoms with Gasteiger partial charge in [-0.2, -0.15) is 0 Å². The molecular weight excluding hydrogens is 626 g/mol. The molecule has 1 atom stereocenters. The maximum Gasteiger partial charge on any atom is 0.265 e. The summed E-state index contributed by atoms with van der Waals surface area (Å²) in [4.78, 5) is 29.7. The van der Waals surface area contributed by atoms with Gasteiger partial charge in [0.1, 0.15) is 6.04 Å². The number of hydrogen-bond acceptors (Lipinski definition) is 4. The van der Waals surface area contributed by atoms with Gasteiger partial charge in [-0.05, 0) is 68.0 Å². The molecule has 0 aromatic heterocycles. The number of hydrogen-bond donors (Lipinski definition) is 1.